The van der Waals surface area contributed by atoms with E-state index in [-0.39, 0.29) is 24.6 Å². The molecule has 0 heterocycles. The Morgan fingerprint density at radius 2 is 1.95 bits per heavy atom. The topological polar surface area (TPSA) is 74.7 Å². The third kappa shape index (κ3) is 4.63. The average molecular weight is 340 g/mol. The van der Waals surface area contributed by atoms with E-state index in [1.807, 2.05) is 0 Å². The van der Waals surface area contributed by atoms with Crippen LogP contribution in [0.1, 0.15) is 5.56 Å². The molecule has 0 unspecified atom stereocenters. The summed E-state index contributed by atoms with van der Waals surface area (Å²) in [6.07, 6.45) is 1.09. The van der Waals surface area contributed by atoms with Gasteiger partial charge >= 0.3 is 0 Å². The van der Waals surface area contributed by atoms with E-state index in [4.69, 9.17) is 28.3 Å². The molecule has 0 atom stereocenters. The summed E-state index contributed by atoms with van der Waals surface area (Å²) in [5, 5.41) is 8.98. The van der Waals surface area contributed by atoms with Crippen LogP contribution in [0.25, 0.3) is 0 Å². The number of rotatable bonds is 6. The lowest BCUT2D eigenvalue weighted by molar-refractivity contribution is -0.130. The Labute approximate surface area is 128 Å². The van der Waals surface area contributed by atoms with E-state index in [2.05, 4.69) is 0 Å². The van der Waals surface area contributed by atoms with Gasteiger partial charge in [0.2, 0.25) is 0 Å². The zero-order chi connectivity index (χ0) is 15.3. The van der Waals surface area contributed by atoms with Crippen molar-refractivity contribution in [3.05, 3.63) is 29.8 Å². The highest BCUT2D eigenvalue weighted by atomic mass is 35.5. The Morgan fingerprint density at radius 3 is 2.45 bits per heavy atom. The maximum atomic E-state index is 11.8. The molecular formula is C12H15Cl2NO4S. The Balaban J connectivity index is 3.09. The molecule has 0 fully saturated rings. The van der Waals surface area contributed by atoms with Gasteiger partial charge in [0.25, 0.3) is 5.91 Å². The molecule has 1 aromatic rings. The lowest BCUT2D eigenvalue weighted by atomic mass is 10.2. The van der Waals surface area contributed by atoms with Crippen LogP contribution < -0.4 is 0 Å². The minimum atomic E-state index is -3.41. The van der Waals surface area contributed by atoms with Crippen LogP contribution in [0.5, 0.6) is 0 Å². The number of aliphatic hydroxyl groups is 1. The number of aliphatic hydroxyl groups excluding tert-OH is 1. The largest absolute Gasteiger partial charge is 0.395 e. The lowest BCUT2D eigenvalue weighted by Crippen LogP contribution is -2.36. The van der Waals surface area contributed by atoms with Gasteiger partial charge in [0.1, 0.15) is 0 Å². The van der Waals surface area contributed by atoms with E-state index in [1.165, 1.54) is 11.0 Å². The molecule has 0 aliphatic carbocycles. The summed E-state index contributed by atoms with van der Waals surface area (Å²) < 4.78 is 23.4. The van der Waals surface area contributed by atoms with Gasteiger partial charge in [0, 0.05) is 19.3 Å². The van der Waals surface area contributed by atoms with Crippen molar-refractivity contribution in [3.8, 4) is 0 Å². The van der Waals surface area contributed by atoms with Gasteiger partial charge in [0.15, 0.2) is 14.7 Å². The number of halogens is 2. The van der Waals surface area contributed by atoms with Crippen molar-refractivity contribution in [2.24, 2.45) is 0 Å². The molecule has 112 valence electrons. The predicted octanol–water partition coefficient (Wildman–Crippen LogP) is 1.21. The number of carbonyl (C=O) groups excluding carboxylic acids is 1. The summed E-state index contributed by atoms with van der Waals surface area (Å²) in [7, 11) is -3.41. The van der Waals surface area contributed by atoms with Crippen molar-refractivity contribution in [3.63, 3.8) is 0 Å². The number of hydrogen-bond acceptors (Lipinski definition) is 4. The molecule has 0 radical (unpaired) electrons. The molecule has 1 rings (SSSR count). The Kier molecular flexibility index (Phi) is 6.26. The van der Waals surface area contributed by atoms with Gasteiger partial charge in [-0.2, -0.15) is 0 Å². The summed E-state index contributed by atoms with van der Waals surface area (Å²) in [6, 6.07) is 6.34. The zero-order valence-corrected chi connectivity index (χ0v) is 13.1. The van der Waals surface area contributed by atoms with Gasteiger partial charge in [-0.1, -0.05) is 41.4 Å². The number of amides is 1. The van der Waals surface area contributed by atoms with E-state index >= 15 is 0 Å². The van der Waals surface area contributed by atoms with Crippen LogP contribution in [-0.4, -0.2) is 48.6 Å². The molecule has 0 spiro atoms. The zero-order valence-electron chi connectivity index (χ0n) is 10.8. The van der Waals surface area contributed by atoms with Crippen LogP contribution in [0.4, 0.5) is 0 Å². The van der Waals surface area contributed by atoms with Crippen molar-refractivity contribution < 1.29 is 18.3 Å². The number of alkyl halides is 2. The van der Waals surface area contributed by atoms with Crippen LogP contribution in [0.3, 0.4) is 0 Å². The standard InChI is InChI=1S/C12H15Cl2NO4S/c1-20(18,19)10-5-3-2-4-9(10)8-15(6-7-16)12(17)11(13)14/h2-5,11,16H,6-8H2,1H3. The maximum Gasteiger partial charge on any atom is 0.256 e. The number of carbonyl (C=O) groups is 1. The van der Waals surface area contributed by atoms with E-state index < -0.39 is 20.6 Å². The second kappa shape index (κ2) is 7.26. The van der Waals surface area contributed by atoms with E-state index in [0.29, 0.717) is 5.56 Å². The summed E-state index contributed by atoms with van der Waals surface area (Å²) in [6.45, 7) is -0.237. The smallest absolute Gasteiger partial charge is 0.256 e. The highest BCUT2D eigenvalue weighted by molar-refractivity contribution is 7.90. The van der Waals surface area contributed by atoms with Gasteiger partial charge in [-0.05, 0) is 11.6 Å². The third-order valence-corrected chi connectivity index (χ3v) is 4.17. The number of sulfone groups is 1. The number of nitrogens with zero attached hydrogens (tertiary/aromatic N) is 1. The molecule has 0 aliphatic rings. The second-order valence-corrected chi connectivity index (χ2v) is 7.24. The van der Waals surface area contributed by atoms with Crippen LogP contribution in [0.15, 0.2) is 29.2 Å². The van der Waals surface area contributed by atoms with E-state index in [9.17, 15) is 13.2 Å². The molecule has 0 saturated heterocycles. The Morgan fingerprint density at radius 1 is 1.35 bits per heavy atom. The van der Waals surface area contributed by atoms with Gasteiger partial charge < -0.3 is 10.0 Å². The van der Waals surface area contributed by atoms with E-state index in [0.717, 1.165) is 6.26 Å². The van der Waals surface area contributed by atoms with Crippen molar-refractivity contribution in [1.82, 2.24) is 4.90 Å². The monoisotopic (exact) mass is 339 g/mol. The minimum Gasteiger partial charge on any atom is -0.395 e. The summed E-state index contributed by atoms with van der Waals surface area (Å²) >= 11 is 11.1. The maximum absolute atomic E-state index is 11.8. The van der Waals surface area contributed by atoms with Crippen molar-refractivity contribution in [2.75, 3.05) is 19.4 Å². The first-order valence-electron chi connectivity index (χ1n) is 5.73. The van der Waals surface area contributed by atoms with Crippen molar-refractivity contribution in [1.29, 1.82) is 0 Å². The molecule has 20 heavy (non-hydrogen) atoms. The summed E-state index contributed by atoms with van der Waals surface area (Å²) in [5.74, 6) is -0.578. The summed E-state index contributed by atoms with van der Waals surface area (Å²) in [4.78, 5) is 11.9. The molecule has 0 bridgehead atoms. The van der Waals surface area contributed by atoms with Gasteiger partial charge in [-0.15, -0.1) is 0 Å². The fourth-order valence-corrected chi connectivity index (χ4v) is 2.94. The Bertz CT molecular complexity index is 575. The van der Waals surface area contributed by atoms with Crippen LogP contribution >= 0.6 is 23.2 Å². The second-order valence-electron chi connectivity index (χ2n) is 4.16. The highest BCUT2D eigenvalue weighted by Gasteiger charge is 2.22. The van der Waals surface area contributed by atoms with Gasteiger partial charge in [-0.3, -0.25) is 4.79 Å². The van der Waals surface area contributed by atoms with Gasteiger partial charge in [0.05, 0.1) is 11.5 Å². The predicted molar refractivity (Wildman–Crippen MR) is 77.5 cm³/mol. The van der Waals surface area contributed by atoms with Crippen LogP contribution in [0, 0.1) is 0 Å². The van der Waals surface area contributed by atoms with E-state index in [1.54, 1.807) is 18.2 Å². The molecular weight excluding hydrogens is 325 g/mol. The molecule has 8 heteroatoms. The first kappa shape index (κ1) is 17.2. The normalized spacial score (nSPS) is 11.7. The fraction of sp³-hybridized carbons (Fsp3) is 0.417. The number of benzene rings is 1. The molecule has 0 aromatic heterocycles. The molecule has 1 N–H and O–H groups in total. The first-order valence-corrected chi connectivity index (χ1v) is 8.49. The Hall–Kier alpha value is -0.820. The SMILES string of the molecule is CS(=O)(=O)c1ccccc1CN(CCO)C(=O)C(Cl)Cl. The fourth-order valence-electron chi connectivity index (χ4n) is 1.73. The quantitative estimate of drug-likeness (QED) is 0.790. The van der Waals surface area contributed by atoms with Crippen LogP contribution in [0.2, 0.25) is 0 Å². The third-order valence-electron chi connectivity index (χ3n) is 2.60. The average Bonchev–Trinajstić information content (AvgIpc) is 2.36. The molecule has 5 nitrogen and oxygen atoms in total. The first-order chi connectivity index (χ1) is 9.27. The highest BCUT2D eigenvalue weighted by Crippen LogP contribution is 2.18. The van der Waals surface area contributed by atoms with Crippen molar-refractivity contribution >= 4 is 38.9 Å². The van der Waals surface area contributed by atoms with Gasteiger partial charge in [-0.25, -0.2) is 8.42 Å². The number of hydrogen-bond donors (Lipinski definition) is 1. The summed E-state index contributed by atoms with van der Waals surface area (Å²) in [5.41, 5.74) is 0.450. The molecule has 0 saturated carbocycles. The van der Waals surface area contributed by atoms with Crippen molar-refractivity contribution in [2.45, 2.75) is 16.3 Å². The lowest BCUT2D eigenvalue weighted by Gasteiger charge is -2.23. The molecule has 0 aliphatic heterocycles. The molecule has 1 aromatic carbocycles. The molecule has 1 amide bonds. The minimum absolute atomic E-state index is 0.0125. The van der Waals surface area contributed by atoms with Crippen LogP contribution in [-0.2, 0) is 21.2 Å².